The van der Waals surface area contributed by atoms with Crippen LogP contribution in [-0.2, 0) is 11.3 Å². The normalized spacial score (nSPS) is 16.9. The van der Waals surface area contributed by atoms with E-state index in [2.05, 4.69) is 28.4 Å². The van der Waals surface area contributed by atoms with Gasteiger partial charge >= 0.3 is 0 Å². The minimum Gasteiger partial charge on any atom is -0.497 e. The molecule has 1 unspecified atom stereocenters. The minimum atomic E-state index is 0.237. The number of benzene rings is 1. The third kappa shape index (κ3) is 4.38. The fourth-order valence-electron chi connectivity index (χ4n) is 3.03. The van der Waals surface area contributed by atoms with E-state index < -0.39 is 0 Å². The Kier molecular flexibility index (Phi) is 5.91. The van der Waals surface area contributed by atoms with Crippen LogP contribution in [0.4, 0.5) is 0 Å². The summed E-state index contributed by atoms with van der Waals surface area (Å²) in [6.45, 7) is 7.11. The molecule has 0 bridgehead atoms. The van der Waals surface area contributed by atoms with E-state index in [-0.39, 0.29) is 6.04 Å². The first-order chi connectivity index (χ1) is 11.8. The molecular weight excluding hydrogens is 304 g/mol. The lowest BCUT2D eigenvalue weighted by molar-refractivity contribution is 0.0115. The number of furan rings is 1. The average Bonchev–Trinajstić information content (AvgIpc) is 3.06. The number of hydrogen-bond acceptors (Lipinski definition) is 5. The molecule has 0 saturated carbocycles. The molecule has 5 heteroatoms. The number of rotatable bonds is 7. The number of methoxy groups -OCH3 is 1. The number of hydrogen-bond donors (Lipinski definition) is 1. The van der Waals surface area contributed by atoms with Crippen LogP contribution >= 0.6 is 0 Å². The number of ether oxygens (including phenoxy) is 2. The smallest absolute Gasteiger partial charge is 0.122 e. The SMILES string of the molecule is COc1ccc(CNCC(c2ccc(C)o2)N2CCOCC2)cc1. The van der Waals surface area contributed by atoms with Crippen LogP contribution in [0.3, 0.4) is 0 Å². The van der Waals surface area contributed by atoms with E-state index in [4.69, 9.17) is 13.9 Å². The first kappa shape index (κ1) is 17.0. The summed E-state index contributed by atoms with van der Waals surface area (Å²) in [5.74, 6) is 2.87. The van der Waals surface area contributed by atoms with Gasteiger partial charge in [0.25, 0.3) is 0 Å². The van der Waals surface area contributed by atoms with E-state index in [9.17, 15) is 0 Å². The molecule has 1 aliphatic rings. The molecule has 2 aromatic rings. The van der Waals surface area contributed by atoms with Crippen molar-refractivity contribution in [2.75, 3.05) is 40.0 Å². The lowest BCUT2D eigenvalue weighted by atomic mass is 10.1. The quantitative estimate of drug-likeness (QED) is 0.846. The lowest BCUT2D eigenvalue weighted by Crippen LogP contribution is -2.42. The Labute approximate surface area is 143 Å². The molecule has 5 nitrogen and oxygen atoms in total. The van der Waals surface area contributed by atoms with Crippen molar-refractivity contribution in [3.05, 3.63) is 53.5 Å². The summed E-state index contributed by atoms with van der Waals surface area (Å²) in [7, 11) is 1.69. The predicted octanol–water partition coefficient (Wildman–Crippen LogP) is 2.76. The van der Waals surface area contributed by atoms with Crippen LogP contribution in [0.5, 0.6) is 5.75 Å². The summed E-state index contributed by atoms with van der Waals surface area (Å²) >= 11 is 0. The first-order valence-corrected chi connectivity index (χ1v) is 8.48. The van der Waals surface area contributed by atoms with E-state index in [1.165, 1.54) is 5.56 Å². The highest BCUT2D eigenvalue weighted by atomic mass is 16.5. The van der Waals surface area contributed by atoms with E-state index in [1.54, 1.807) is 7.11 Å². The highest BCUT2D eigenvalue weighted by Gasteiger charge is 2.24. The monoisotopic (exact) mass is 330 g/mol. The van der Waals surface area contributed by atoms with Crippen molar-refractivity contribution >= 4 is 0 Å². The molecule has 0 amide bonds. The van der Waals surface area contributed by atoms with E-state index >= 15 is 0 Å². The van der Waals surface area contributed by atoms with Crippen molar-refractivity contribution in [3.8, 4) is 5.75 Å². The summed E-state index contributed by atoms with van der Waals surface area (Å²) in [5, 5.41) is 3.56. The Morgan fingerprint density at radius 1 is 1.12 bits per heavy atom. The van der Waals surface area contributed by atoms with Gasteiger partial charge in [0.2, 0.25) is 0 Å². The van der Waals surface area contributed by atoms with Crippen LogP contribution < -0.4 is 10.1 Å². The molecule has 1 atom stereocenters. The van der Waals surface area contributed by atoms with Crippen molar-refractivity contribution in [3.63, 3.8) is 0 Å². The summed E-state index contributed by atoms with van der Waals surface area (Å²) in [5.41, 5.74) is 1.24. The van der Waals surface area contributed by atoms with Crippen LogP contribution in [0.1, 0.15) is 23.1 Å². The van der Waals surface area contributed by atoms with Crippen LogP contribution in [0.15, 0.2) is 40.8 Å². The van der Waals surface area contributed by atoms with Crippen molar-refractivity contribution in [1.82, 2.24) is 10.2 Å². The van der Waals surface area contributed by atoms with Gasteiger partial charge in [-0.25, -0.2) is 0 Å². The third-order valence-electron chi connectivity index (χ3n) is 4.40. The largest absolute Gasteiger partial charge is 0.497 e. The summed E-state index contributed by atoms with van der Waals surface area (Å²) < 4.78 is 16.6. The summed E-state index contributed by atoms with van der Waals surface area (Å²) in [6, 6.07) is 12.5. The van der Waals surface area contributed by atoms with Crippen LogP contribution in [0.25, 0.3) is 0 Å². The summed E-state index contributed by atoms with van der Waals surface area (Å²) in [4.78, 5) is 2.43. The molecular formula is C19H26N2O3. The molecule has 1 saturated heterocycles. The predicted molar refractivity (Wildman–Crippen MR) is 93.3 cm³/mol. The van der Waals surface area contributed by atoms with Crippen LogP contribution in [0.2, 0.25) is 0 Å². The molecule has 0 aliphatic carbocycles. The van der Waals surface area contributed by atoms with Crippen LogP contribution in [-0.4, -0.2) is 44.9 Å². The molecule has 1 aliphatic heterocycles. The van der Waals surface area contributed by atoms with Gasteiger partial charge in [-0.1, -0.05) is 12.1 Å². The lowest BCUT2D eigenvalue weighted by Gasteiger charge is -2.33. The average molecular weight is 330 g/mol. The first-order valence-electron chi connectivity index (χ1n) is 8.48. The van der Waals surface area contributed by atoms with Crippen molar-refractivity contribution in [2.45, 2.75) is 19.5 Å². The topological polar surface area (TPSA) is 46.9 Å². The molecule has 1 N–H and O–H groups in total. The molecule has 1 aromatic heterocycles. The fourth-order valence-corrected chi connectivity index (χ4v) is 3.03. The van der Waals surface area contributed by atoms with Gasteiger partial charge in [0.1, 0.15) is 17.3 Å². The third-order valence-corrected chi connectivity index (χ3v) is 4.40. The van der Waals surface area contributed by atoms with Gasteiger partial charge < -0.3 is 19.2 Å². The molecule has 130 valence electrons. The standard InChI is InChI=1S/C19H26N2O3/c1-15-3-8-19(24-15)18(21-9-11-23-12-10-21)14-20-13-16-4-6-17(22-2)7-5-16/h3-8,18,20H,9-14H2,1-2H3. The zero-order valence-corrected chi connectivity index (χ0v) is 14.5. The van der Waals surface area contributed by atoms with Gasteiger partial charge in [0, 0.05) is 26.2 Å². The zero-order chi connectivity index (χ0) is 16.8. The molecule has 0 radical (unpaired) electrons. The Bertz CT molecular complexity index is 618. The Hall–Kier alpha value is -1.82. The molecule has 1 aromatic carbocycles. The Balaban J connectivity index is 1.60. The summed E-state index contributed by atoms with van der Waals surface area (Å²) in [6.07, 6.45) is 0. The van der Waals surface area contributed by atoms with Gasteiger partial charge in [-0.05, 0) is 36.8 Å². The van der Waals surface area contributed by atoms with Gasteiger partial charge in [-0.3, -0.25) is 4.90 Å². The highest BCUT2D eigenvalue weighted by molar-refractivity contribution is 5.27. The van der Waals surface area contributed by atoms with Gasteiger partial charge in [-0.15, -0.1) is 0 Å². The minimum absolute atomic E-state index is 0.237. The van der Waals surface area contributed by atoms with Gasteiger partial charge in [-0.2, -0.15) is 0 Å². The van der Waals surface area contributed by atoms with Gasteiger partial charge in [0.05, 0.1) is 26.4 Å². The Morgan fingerprint density at radius 3 is 2.50 bits per heavy atom. The van der Waals surface area contributed by atoms with E-state index in [0.717, 1.165) is 56.7 Å². The molecule has 1 fully saturated rings. The number of aryl methyl sites for hydroxylation is 1. The second kappa shape index (κ2) is 8.33. The fraction of sp³-hybridized carbons (Fsp3) is 0.474. The van der Waals surface area contributed by atoms with E-state index in [1.807, 2.05) is 25.1 Å². The molecule has 24 heavy (non-hydrogen) atoms. The van der Waals surface area contributed by atoms with Gasteiger partial charge in [0.15, 0.2) is 0 Å². The second-order valence-corrected chi connectivity index (χ2v) is 6.09. The maximum absolute atomic E-state index is 5.89. The number of nitrogens with one attached hydrogen (secondary N) is 1. The number of morpholine rings is 1. The highest BCUT2D eigenvalue weighted by Crippen LogP contribution is 2.23. The Morgan fingerprint density at radius 2 is 1.88 bits per heavy atom. The molecule has 0 spiro atoms. The zero-order valence-electron chi connectivity index (χ0n) is 14.5. The second-order valence-electron chi connectivity index (χ2n) is 6.09. The van der Waals surface area contributed by atoms with Crippen molar-refractivity contribution in [2.24, 2.45) is 0 Å². The number of nitrogens with zero attached hydrogens (tertiary/aromatic N) is 1. The van der Waals surface area contributed by atoms with Crippen LogP contribution in [0, 0.1) is 6.92 Å². The molecule has 3 rings (SSSR count). The van der Waals surface area contributed by atoms with Crippen molar-refractivity contribution in [1.29, 1.82) is 0 Å². The molecule has 2 heterocycles. The maximum Gasteiger partial charge on any atom is 0.122 e. The van der Waals surface area contributed by atoms with Crippen molar-refractivity contribution < 1.29 is 13.9 Å². The van der Waals surface area contributed by atoms with E-state index in [0.29, 0.717) is 0 Å². The maximum atomic E-state index is 5.89.